The van der Waals surface area contributed by atoms with Gasteiger partial charge in [-0.15, -0.1) is 0 Å². The topological polar surface area (TPSA) is 13.1 Å². The van der Waals surface area contributed by atoms with Gasteiger partial charge in [0.15, 0.2) is 6.20 Å². The lowest BCUT2D eigenvalue weighted by Crippen LogP contribution is -2.33. The number of hydrogen-bond acceptors (Lipinski definition) is 1. The molecule has 0 saturated heterocycles. The average Bonchev–Trinajstić information content (AvgIpc) is 3.29. The smallest absolute Gasteiger partial charge is 0.256 e. The first-order valence-corrected chi connectivity index (χ1v) is 10.4. The Hall–Kier alpha value is -2.35. The van der Waals surface area contributed by atoms with E-state index in [9.17, 15) is 0 Å². The third kappa shape index (κ3) is 2.04. The Bertz CT molecular complexity index is 1110. The molecule has 2 aliphatic carbocycles. The lowest BCUT2D eigenvalue weighted by atomic mass is 9.81. The highest BCUT2D eigenvalue weighted by Crippen LogP contribution is 2.57. The molecule has 2 nitrogen and oxygen atoms in total. The molecule has 27 heavy (non-hydrogen) atoms. The van der Waals surface area contributed by atoms with Crippen LogP contribution in [0.4, 0.5) is 0 Å². The van der Waals surface area contributed by atoms with Crippen molar-refractivity contribution in [3.05, 3.63) is 53.2 Å². The molecule has 0 spiro atoms. The highest BCUT2D eigenvalue weighted by atomic mass is 16.5. The minimum Gasteiger partial charge on any atom is -0.449 e. The van der Waals surface area contributed by atoms with Gasteiger partial charge in [0, 0.05) is 17.0 Å². The van der Waals surface area contributed by atoms with Crippen molar-refractivity contribution in [2.24, 2.45) is 18.9 Å². The summed E-state index contributed by atoms with van der Waals surface area (Å²) in [7, 11) is 2.16. The third-order valence-corrected chi connectivity index (χ3v) is 7.54. The van der Waals surface area contributed by atoms with Crippen LogP contribution in [0, 0.1) is 25.7 Å². The average molecular weight is 356 g/mol. The molecule has 3 atom stereocenters. The molecule has 2 fully saturated rings. The number of hydrogen-bond donors (Lipinski definition) is 0. The van der Waals surface area contributed by atoms with Crippen molar-refractivity contribution in [1.82, 2.24) is 0 Å². The van der Waals surface area contributed by atoms with E-state index in [0.717, 1.165) is 23.3 Å². The van der Waals surface area contributed by atoms with Gasteiger partial charge in [0.1, 0.15) is 12.8 Å². The lowest BCUT2D eigenvalue weighted by Gasteiger charge is -2.27. The van der Waals surface area contributed by atoms with Crippen LogP contribution in [0.3, 0.4) is 0 Å². The van der Waals surface area contributed by atoms with Crippen LogP contribution in [0.2, 0.25) is 0 Å². The monoisotopic (exact) mass is 356 g/mol. The molecule has 2 heterocycles. The summed E-state index contributed by atoms with van der Waals surface area (Å²) < 4.78 is 8.92. The summed E-state index contributed by atoms with van der Waals surface area (Å²) in [4.78, 5) is 0. The summed E-state index contributed by atoms with van der Waals surface area (Å²) in [6, 6.07) is 11.1. The first kappa shape index (κ1) is 15.7. The Balaban J connectivity index is 1.67. The first-order chi connectivity index (χ1) is 13.1. The molecular formula is C25H26NO+. The molecule has 3 unspecified atom stereocenters. The Morgan fingerprint density at radius 2 is 1.96 bits per heavy atom. The van der Waals surface area contributed by atoms with Gasteiger partial charge in [0.2, 0.25) is 5.75 Å². The number of nitrogens with zero attached hydrogens (tertiary/aromatic N) is 1. The van der Waals surface area contributed by atoms with E-state index in [1.807, 2.05) is 0 Å². The molecular weight excluding hydrogens is 330 g/mol. The summed E-state index contributed by atoms with van der Waals surface area (Å²) in [6.07, 6.45) is 7.86. The van der Waals surface area contributed by atoms with E-state index in [2.05, 4.69) is 62.0 Å². The predicted molar refractivity (Wildman–Crippen MR) is 108 cm³/mol. The maximum atomic E-state index is 6.66. The molecule has 3 aliphatic rings. The molecule has 136 valence electrons. The second-order valence-corrected chi connectivity index (χ2v) is 8.99. The molecule has 0 N–H and O–H groups in total. The van der Waals surface area contributed by atoms with Crippen molar-refractivity contribution in [1.29, 1.82) is 0 Å². The van der Waals surface area contributed by atoms with Crippen LogP contribution < -0.4 is 9.30 Å². The highest BCUT2D eigenvalue weighted by molar-refractivity contribution is 6.04. The Labute approximate surface area is 160 Å². The Kier molecular flexibility index (Phi) is 3.10. The first-order valence-electron chi connectivity index (χ1n) is 10.4. The molecule has 2 saturated carbocycles. The van der Waals surface area contributed by atoms with Crippen molar-refractivity contribution in [3.8, 4) is 22.8 Å². The largest absolute Gasteiger partial charge is 0.449 e. The van der Waals surface area contributed by atoms with Crippen LogP contribution >= 0.6 is 0 Å². The number of ether oxygens (including phenoxy) is 1. The Morgan fingerprint density at radius 1 is 1.07 bits per heavy atom. The molecule has 1 aromatic heterocycles. The van der Waals surface area contributed by atoms with Crippen molar-refractivity contribution >= 4 is 10.8 Å². The standard InChI is InChI=1S/C25H26NO/c1-14-11-18-5-4-6-21-23(18)22(15(14)2)24-25(27-21)19(9-10-26(24)3)20-13-16-7-8-17(20)12-16/h4-6,9-11,16-17,20H,7-8,12-13H2,1-3H3/q+1. The number of benzene rings is 2. The summed E-state index contributed by atoms with van der Waals surface area (Å²) >= 11 is 0. The van der Waals surface area contributed by atoms with Crippen molar-refractivity contribution < 1.29 is 9.30 Å². The van der Waals surface area contributed by atoms with Crippen LogP contribution in [0.15, 0.2) is 36.5 Å². The van der Waals surface area contributed by atoms with Gasteiger partial charge < -0.3 is 4.74 Å². The van der Waals surface area contributed by atoms with Gasteiger partial charge in [0.05, 0.1) is 5.56 Å². The van der Waals surface area contributed by atoms with Crippen LogP contribution in [-0.2, 0) is 7.05 Å². The van der Waals surface area contributed by atoms with Crippen LogP contribution in [0.25, 0.3) is 22.0 Å². The molecule has 2 heteroatoms. The summed E-state index contributed by atoms with van der Waals surface area (Å²) in [6.45, 7) is 4.49. The molecule has 1 aliphatic heterocycles. The van der Waals surface area contributed by atoms with E-state index < -0.39 is 0 Å². The summed E-state index contributed by atoms with van der Waals surface area (Å²) in [5, 5.41) is 2.55. The predicted octanol–water partition coefficient (Wildman–Crippen LogP) is 5.96. The lowest BCUT2D eigenvalue weighted by molar-refractivity contribution is -0.660. The van der Waals surface area contributed by atoms with E-state index in [1.54, 1.807) is 0 Å². The maximum Gasteiger partial charge on any atom is 0.256 e. The second-order valence-electron chi connectivity index (χ2n) is 8.99. The number of aromatic nitrogens is 1. The quantitative estimate of drug-likeness (QED) is 0.384. The second kappa shape index (κ2) is 5.34. The number of rotatable bonds is 1. The zero-order chi connectivity index (χ0) is 18.3. The van der Waals surface area contributed by atoms with E-state index in [0.29, 0.717) is 5.92 Å². The fourth-order valence-electron chi connectivity index (χ4n) is 6.11. The number of fused-ring (bicyclic) bond motifs is 4. The van der Waals surface area contributed by atoms with Crippen molar-refractivity contribution in [2.45, 2.75) is 45.4 Å². The molecule has 6 rings (SSSR count). The van der Waals surface area contributed by atoms with Gasteiger partial charge in [-0.1, -0.05) is 24.6 Å². The van der Waals surface area contributed by atoms with Gasteiger partial charge in [-0.25, -0.2) is 0 Å². The minimum atomic E-state index is 0.671. The van der Waals surface area contributed by atoms with Crippen molar-refractivity contribution in [3.63, 3.8) is 0 Å². The van der Waals surface area contributed by atoms with E-state index in [1.165, 1.54) is 64.4 Å². The van der Waals surface area contributed by atoms with E-state index in [4.69, 9.17) is 4.74 Å². The van der Waals surface area contributed by atoms with E-state index in [-0.39, 0.29) is 0 Å². The van der Waals surface area contributed by atoms with Crippen molar-refractivity contribution in [2.75, 3.05) is 0 Å². The van der Waals surface area contributed by atoms with E-state index >= 15 is 0 Å². The van der Waals surface area contributed by atoms with Gasteiger partial charge in [-0.05, 0) is 73.4 Å². The van der Waals surface area contributed by atoms with Gasteiger partial charge in [0.25, 0.3) is 5.69 Å². The van der Waals surface area contributed by atoms with Gasteiger partial charge >= 0.3 is 0 Å². The van der Waals surface area contributed by atoms with Gasteiger partial charge in [-0.2, -0.15) is 4.57 Å². The van der Waals surface area contributed by atoms with Crippen LogP contribution in [-0.4, -0.2) is 0 Å². The molecule has 2 bridgehead atoms. The fraction of sp³-hybridized carbons (Fsp3) is 0.400. The van der Waals surface area contributed by atoms with Crippen LogP contribution in [0.5, 0.6) is 11.5 Å². The van der Waals surface area contributed by atoms with Crippen LogP contribution in [0.1, 0.15) is 48.3 Å². The zero-order valence-corrected chi connectivity index (χ0v) is 16.4. The molecule has 0 radical (unpaired) electrons. The Morgan fingerprint density at radius 3 is 2.74 bits per heavy atom. The normalized spacial score (nSPS) is 24.9. The zero-order valence-electron chi connectivity index (χ0n) is 16.4. The summed E-state index contributed by atoms with van der Waals surface area (Å²) in [5.74, 6) is 4.60. The number of aryl methyl sites for hydroxylation is 2. The molecule has 2 aromatic carbocycles. The maximum absolute atomic E-state index is 6.66. The highest BCUT2D eigenvalue weighted by Gasteiger charge is 2.43. The fourth-order valence-corrected chi connectivity index (χ4v) is 6.11. The van der Waals surface area contributed by atoms with Gasteiger partial charge in [-0.3, -0.25) is 0 Å². The minimum absolute atomic E-state index is 0.671. The SMILES string of the molecule is Cc1cc2cccc3c2c(c1C)-c1c(c(C2CC4CCC2C4)cc[n+]1C)O3. The number of pyridine rings is 1. The molecule has 3 aromatic rings. The molecule has 0 amide bonds. The summed E-state index contributed by atoms with van der Waals surface area (Å²) in [5.41, 5.74) is 6.81. The third-order valence-electron chi connectivity index (χ3n) is 7.54.